The van der Waals surface area contributed by atoms with Crippen molar-refractivity contribution in [3.05, 3.63) is 29.8 Å². The topological polar surface area (TPSA) is 59.6 Å². The lowest BCUT2D eigenvalue weighted by Crippen LogP contribution is -2.23. The molecule has 0 bridgehead atoms. The van der Waals surface area contributed by atoms with Gasteiger partial charge in [0.2, 0.25) is 0 Å². The van der Waals surface area contributed by atoms with Gasteiger partial charge >= 0.3 is 0 Å². The first-order chi connectivity index (χ1) is 10.2. The Bertz CT molecular complexity index is 453. The van der Waals surface area contributed by atoms with E-state index in [9.17, 15) is 0 Å². The summed E-state index contributed by atoms with van der Waals surface area (Å²) >= 11 is 0. The fourth-order valence-corrected chi connectivity index (χ4v) is 2.66. The van der Waals surface area contributed by atoms with Gasteiger partial charge in [0.1, 0.15) is 0 Å². The van der Waals surface area contributed by atoms with Crippen LogP contribution in [0, 0.1) is 6.92 Å². The zero-order valence-electron chi connectivity index (χ0n) is 13.0. The highest BCUT2D eigenvalue weighted by molar-refractivity contribution is 5.92. The van der Waals surface area contributed by atoms with Gasteiger partial charge in [-0.1, -0.05) is 31.4 Å². The van der Waals surface area contributed by atoms with Crippen molar-refractivity contribution >= 4 is 11.6 Å². The number of nitrogens with zero attached hydrogens (tertiary/aromatic N) is 1. The van der Waals surface area contributed by atoms with Crippen LogP contribution in [0.1, 0.15) is 44.1 Å². The summed E-state index contributed by atoms with van der Waals surface area (Å²) in [4.78, 5) is 4.34. The summed E-state index contributed by atoms with van der Waals surface area (Å²) in [7, 11) is 0. The number of nitrogens with one attached hydrogen (secondary N) is 1. The molecule has 0 aliphatic heterocycles. The maximum atomic E-state index is 5.88. The van der Waals surface area contributed by atoms with Crippen molar-refractivity contribution in [1.82, 2.24) is 0 Å². The van der Waals surface area contributed by atoms with Crippen LogP contribution in [0.25, 0.3) is 0 Å². The van der Waals surface area contributed by atoms with Gasteiger partial charge in [0, 0.05) is 18.8 Å². The minimum absolute atomic E-state index is 0.471. The molecule has 1 aliphatic rings. The molecule has 1 aliphatic carbocycles. The molecule has 1 fully saturated rings. The molecule has 0 heterocycles. The number of nitrogens with two attached hydrogens (primary N) is 1. The average Bonchev–Trinajstić information content (AvgIpc) is 2.48. The van der Waals surface area contributed by atoms with Gasteiger partial charge in [0.05, 0.1) is 6.10 Å². The lowest BCUT2D eigenvalue weighted by atomic mass is 9.98. The first-order valence-corrected chi connectivity index (χ1v) is 7.99. The SMILES string of the molecule is Cc1cccc(NC(N)=NCCCOC2CCCCC2)c1. The molecule has 0 atom stereocenters. The van der Waals surface area contributed by atoms with Gasteiger partial charge in [-0.3, -0.25) is 4.99 Å². The molecule has 4 nitrogen and oxygen atoms in total. The largest absolute Gasteiger partial charge is 0.378 e. The molecule has 0 unspecified atom stereocenters. The Kier molecular flexibility index (Phi) is 6.54. The summed E-state index contributed by atoms with van der Waals surface area (Å²) < 4.78 is 5.87. The predicted molar refractivity (Wildman–Crippen MR) is 88.7 cm³/mol. The van der Waals surface area contributed by atoms with Crippen molar-refractivity contribution < 1.29 is 4.74 Å². The monoisotopic (exact) mass is 289 g/mol. The number of aryl methyl sites for hydroxylation is 1. The van der Waals surface area contributed by atoms with Crippen LogP contribution >= 0.6 is 0 Å². The van der Waals surface area contributed by atoms with Crippen LogP contribution in [-0.4, -0.2) is 25.2 Å². The molecule has 21 heavy (non-hydrogen) atoms. The molecular weight excluding hydrogens is 262 g/mol. The summed E-state index contributed by atoms with van der Waals surface area (Å²) in [6, 6.07) is 8.10. The zero-order valence-corrected chi connectivity index (χ0v) is 13.0. The number of anilines is 1. The van der Waals surface area contributed by atoms with E-state index in [0.29, 0.717) is 18.6 Å². The molecular formula is C17H27N3O. The molecule has 0 spiro atoms. The van der Waals surface area contributed by atoms with Crippen molar-refractivity contribution in [3.8, 4) is 0 Å². The molecule has 1 aromatic rings. The van der Waals surface area contributed by atoms with Gasteiger partial charge in [-0.25, -0.2) is 0 Å². The molecule has 0 aromatic heterocycles. The Morgan fingerprint density at radius 1 is 1.33 bits per heavy atom. The Morgan fingerprint density at radius 3 is 2.90 bits per heavy atom. The number of hydrogen-bond acceptors (Lipinski definition) is 2. The van der Waals surface area contributed by atoms with Crippen molar-refractivity contribution in [2.24, 2.45) is 10.7 Å². The fraction of sp³-hybridized carbons (Fsp3) is 0.588. The molecule has 1 saturated carbocycles. The predicted octanol–water partition coefficient (Wildman–Crippen LogP) is 3.46. The van der Waals surface area contributed by atoms with Crippen LogP contribution in [0.5, 0.6) is 0 Å². The van der Waals surface area contributed by atoms with Gasteiger partial charge in [-0.15, -0.1) is 0 Å². The Balaban J connectivity index is 1.62. The maximum Gasteiger partial charge on any atom is 0.193 e. The third kappa shape index (κ3) is 6.17. The van der Waals surface area contributed by atoms with Gasteiger partial charge in [0.15, 0.2) is 5.96 Å². The first-order valence-electron chi connectivity index (χ1n) is 7.99. The van der Waals surface area contributed by atoms with Crippen LogP contribution in [-0.2, 0) is 4.74 Å². The summed E-state index contributed by atoms with van der Waals surface area (Å²) in [5.41, 5.74) is 8.06. The lowest BCUT2D eigenvalue weighted by molar-refractivity contribution is 0.0281. The molecule has 0 amide bonds. The molecule has 116 valence electrons. The second-order valence-electron chi connectivity index (χ2n) is 5.75. The molecule has 0 saturated heterocycles. The minimum atomic E-state index is 0.471. The van der Waals surface area contributed by atoms with Crippen LogP contribution < -0.4 is 11.1 Å². The first kappa shape index (κ1) is 15.8. The fourth-order valence-electron chi connectivity index (χ4n) is 2.66. The van der Waals surface area contributed by atoms with E-state index in [2.05, 4.69) is 29.4 Å². The minimum Gasteiger partial charge on any atom is -0.378 e. The number of guanidine groups is 1. The van der Waals surface area contributed by atoms with Crippen LogP contribution in [0.2, 0.25) is 0 Å². The number of rotatable bonds is 6. The van der Waals surface area contributed by atoms with Crippen molar-refractivity contribution in [1.29, 1.82) is 0 Å². The van der Waals surface area contributed by atoms with E-state index in [1.54, 1.807) is 0 Å². The Hall–Kier alpha value is -1.55. The Labute approximate surface area is 127 Å². The van der Waals surface area contributed by atoms with E-state index in [-0.39, 0.29) is 0 Å². The van der Waals surface area contributed by atoms with E-state index in [1.165, 1.54) is 37.7 Å². The lowest BCUT2D eigenvalue weighted by Gasteiger charge is -2.21. The van der Waals surface area contributed by atoms with E-state index in [1.807, 2.05) is 12.1 Å². The quantitative estimate of drug-likeness (QED) is 0.479. The average molecular weight is 289 g/mol. The van der Waals surface area contributed by atoms with E-state index in [0.717, 1.165) is 18.7 Å². The summed E-state index contributed by atoms with van der Waals surface area (Å²) in [6.07, 6.45) is 7.84. The highest BCUT2D eigenvalue weighted by Gasteiger charge is 2.12. The second-order valence-corrected chi connectivity index (χ2v) is 5.75. The van der Waals surface area contributed by atoms with Crippen molar-refractivity contribution in [3.63, 3.8) is 0 Å². The second kappa shape index (κ2) is 8.67. The molecule has 3 N–H and O–H groups in total. The number of benzene rings is 1. The van der Waals surface area contributed by atoms with Gasteiger partial charge < -0.3 is 15.8 Å². The zero-order chi connectivity index (χ0) is 14.9. The summed E-state index contributed by atoms with van der Waals surface area (Å²) in [6.45, 7) is 3.55. The van der Waals surface area contributed by atoms with E-state index in [4.69, 9.17) is 10.5 Å². The van der Waals surface area contributed by atoms with Gasteiger partial charge in [-0.2, -0.15) is 0 Å². The Morgan fingerprint density at radius 2 is 2.14 bits per heavy atom. The van der Waals surface area contributed by atoms with E-state index >= 15 is 0 Å². The molecule has 4 heteroatoms. The molecule has 1 aromatic carbocycles. The van der Waals surface area contributed by atoms with Crippen LogP contribution in [0.4, 0.5) is 5.69 Å². The third-order valence-electron chi connectivity index (χ3n) is 3.78. The van der Waals surface area contributed by atoms with Gasteiger partial charge in [-0.05, 0) is 43.9 Å². The number of ether oxygens (including phenoxy) is 1. The maximum absolute atomic E-state index is 5.88. The normalized spacial score (nSPS) is 16.9. The highest BCUT2D eigenvalue weighted by Crippen LogP contribution is 2.20. The van der Waals surface area contributed by atoms with Crippen molar-refractivity contribution in [2.75, 3.05) is 18.5 Å². The van der Waals surface area contributed by atoms with Crippen LogP contribution in [0.15, 0.2) is 29.3 Å². The van der Waals surface area contributed by atoms with Crippen LogP contribution in [0.3, 0.4) is 0 Å². The molecule has 2 rings (SSSR count). The van der Waals surface area contributed by atoms with Gasteiger partial charge in [0.25, 0.3) is 0 Å². The van der Waals surface area contributed by atoms with E-state index < -0.39 is 0 Å². The number of hydrogen-bond donors (Lipinski definition) is 2. The highest BCUT2D eigenvalue weighted by atomic mass is 16.5. The number of aliphatic imine (C=N–C) groups is 1. The molecule has 0 radical (unpaired) electrons. The van der Waals surface area contributed by atoms with Crippen molar-refractivity contribution in [2.45, 2.75) is 51.6 Å². The standard InChI is InChI=1S/C17H27N3O/c1-14-7-5-8-15(13-14)20-17(18)19-11-6-12-21-16-9-3-2-4-10-16/h5,7-8,13,16H,2-4,6,9-12H2,1H3,(H3,18,19,20). The third-order valence-corrected chi connectivity index (χ3v) is 3.78. The summed E-state index contributed by atoms with van der Waals surface area (Å²) in [5.74, 6) is 0.471. The summed E-state index contributed by atoms with van der Waals surface area (Å²) in [5, 5.41) is 3.11. The smallest absolute Gasteiger partial charge is 0.193 e.